The number of aryl methyl sites for hydroxylation is 1. The van der Waals surface area contributed by atoms with Gasteiger partial charge in [-0.15, -0.1) is 11.3 Å². The molecule has 1 aromatic rings. The molecule has 0 radical (unpaired) electrons. The van der Waals surface area contributed by atoms with Gasteiger partial charge in [-0.2, -0.15) is 0 Å². The normalized spacial score (nSPS) is 21.5. The Morgan fingerprint density at radius 3 is 2.58 bits per heavy atom. The smallest absolute Gasteiger partial charge is 0.0797 e. The van der Waals surface area contributed by atoms with Crippen molar-refractivity contribution in [2.45, 2.75) is 58.5 Å². The Bertz CT molecular complexity index is 404. The minimum Gasteiger partial charge on any atom is -0.389 e. The van der Waals surface area contributed by atoms with Gasteiger partial charge in [-0.25, -0.2) is 4.98 Å². The quantitative estimate of drug-likeness (QED) is 0.816. The maximum atomic E-state index is 10.5. The highest BCUT2D eigenvalue weighted by Crippen LogP contribution is 2.39. The molecule has 1 saturated carbocycles. The Hall–Kier alpha value is -0.450. The summed E-state index contributed by atoms with van der Waals surface area (Å²) in [6.07, 6.45) is 5.11. The first-order chi connectivity index (χ1) is 8.90. The van der Waals surface area contributed by atoms with E-state index in [9.17, 15) is 5.11 Å². The van der Waals surface area contributed by atoms with E-state index < -0.39 is 5.60 Å². The van der Waals surface area contributed by atoms with Crippen molar-refractivity contribution in [1.29, 1.82) is 0 Å². The molecular formula is C15H26N2OS. The first kappa shape index (κ1) is 14.9. The van der Waals surface area contributed by atoms with Crippen LogP contribution in [0.4, 0.5) is 0 Å². The van der Waals surface area contributed by atoms with Crippen LogP contribution in [0.15, 0.2) is 5.51 Å². The van der Waals surface area contributed by atoms with Crippen LogP contribution in [0, 0.1) is 12.3 Å². The van der Waals surface area contributed by atoms with Gasteiger partial charge in [0.15, 0.2) is 0 Å². The Morgan fingerprint density at radius 1 is 1.32 bits per heavy atom. The van der Waals surface area contributed by atoms with Crippen LogP contribution in [0.5, 0.6) is 0 Å². The van der Waals surface area contributed by atoms with Crippen molar-refractivity contribution >= 4 is 11.3 Å². The minimum atomic E-state index is -0.488. The molecule has 0 aliphatic heterocycles. The molecule has 0 atom stereocenters. The SMILES string of the molecule is Cc1ncsc1CCNCC1(O)CCC(C)(C)CC1. The van der Waals surface area contributed by atoms with Gasteiger partial charge in [0, 0.05) is 18.0 Å². The predicted molar refractivity (Wildman–Crippen MR) is 80.6 cm³/mol. The van der Waals surface area contributed by atoms with Gasteiger partial charge in [0.2, 0.25) is 0 Å². The molecule has 0 unspecified atom stereocenters. The fourth-order valence-corrected chi connectivity index (χ4v) is 3.44. The number of rotatable bonds is 5. The summed E-state index contributed by atoms with van der Waals surface area (Å²) in [5.74, 6) is 0. The third-order valence-electron chi connectivity index (χ3n) is 4.36. The second kappa shape index (κ2) is 5.90. The Labute approximate surface area is 120 Å². The predicted octanol–water partition coefficient (Wildman–Crippen LogP) is 2.91. The van der Waals surface area contributed by atoms with Crippen LogP contribution < -0.4 is 5.32 Å². The number of nitrogens with zero attached hydrogens (tertiary/aromatic N) is 1. The Balaban J connectivity index is 1.70. The summed E-state index contributed by atoms with van der Waals surface area (Å²) in [4.78, 5) is 5.61. The molecule has 1 heterocycles. The monoisotopic (exact) mass is 282 g/mol. The fourth-order valence-electron chi connectivity index (χ4n) is 2.66. The van der Waals surface area contributed by atoms with E-state index >= 15 is 0 Å². The lowest BCUT2D eigenvalue weighted by Gasteiger charge is -2.40. The van der Waals surface area contributed by atoms with Crippen molar-refractivity contribution in [3.8, 4) is 0 Å². The van der Waals surface area contributed by atoms with E-state index in [1.54, 1.807) is 11.3 Å². The van der Waals surface area contributed by atoms with Crippen molar-refractivity contribution in [3.63, 3.8) is 0 Å². The summed E-state index contributed by atoms with van der Waals surface area (Å²) < 4.78 is 0. The van der Waals surface area contributed by atoms with Crippen molar-refractivity contribution in [2.75, 3.05) is 13.1 Å². The average molecular weight is 282 g/mol. The highest BCUT2D eigenvalue weighted by atomic mass is 32.1. The van der Waals surface area contributed by atoms with Gasteiger partial charge in [0.05, 0.1) is 16.8 Å². The van der Waals surface area contributed by atoms with Crippen LogP contribution in [0.3, 0.4) is 0 Å². The zero-order valence-electron chi connectivity index (χ0n) is 12.3. The number of aromatic nitrogens is 1. The van der Waals surface area contributed by atoms with E-state index in [0.717, 1.165) is 50.9 Å². The molecule has 1 aliphatic carbocycles. The van der Waals surface area contributed by atoms with Crippen LogP contribution in [0.1, 0.15) is 50.1 Å². The fraction of sp³-hybridized carbons (Fsp3) is 0.800. The number of nitrogens with one attached hydrogen (secondary N) is 1. The van der Waals surface area contributed by atoms with E-state index in [-0.39, 0.29) is 0 Å². The Morgan fingerprint density at radius 2 is 2.00 bits per heavy atom. The van der Waals surface area contributed by atoms with Gasteiger partial charge >= 0.3 is 0 Å². The zero-order chi connectivity index (χ0) is 13.9. The van der Waals surface area contributed by atoms with Crippen LogP contribution in [-0.4, -0.2) is 28.8 Å². The highest BCUT2D eigenvalue weighted by Gasteiger charge is 2.36. The minimum absolute atomic E-state index is 0.409. The molecule has 2 N–H and O–H groups in total. The molecule has 19 heavy (non-hydrogen) atoms. The zero-order valence-corrected chi connectivity index (χ0v) is 13.1. The number of aliphatic hydroxyl groups is 1. The second-order valence-electron chi connectivity index (χ2n) is 6.68. The molecule has 0 aromatic carbocycles. The third-order valence-corrected chi connectivity index (χ3v) is 5.36. The van der Waals surface area contributed by atoms with Crippen molar-refractivity contribution in [2.24, 2.45) is 5.41 Å². The lowest BCUT2D eigenvalue weighted by molar-refractivity contribution is -0.0240. The van der Waals surface area contributed by atoms with Crippen LogP contribution in [0.2, 0.25) is 0 Å². The lowest BCUT2D eigenvalue weighted by Crippen LogP contribution is -2.45. The van der Waals surface area contributed by atoms with Gasteiger partial charge < -0.3 is 10.4 Å². The van der Waals surface area contributed by atoms with E-state index in [4.69, 9.17) is 0 Å². The molecule has 0 bridgehead atoms. The summed E-state index contributed by atoms with van der Waals surface area (Å²) >= 11 is 1.72. The Kier molecular flexibility index (Phi) is 4.64. The third kappa shape index (κ3) is 4.26. The second-order valence-corrected chi connectivity index (χ2v) is 7.62. The molecule has 108 valence electrons. The largest absolute Gasteiger partial charge is 0.389 e. The number of hydrogen-bond donors (Lipinski definition) is 2. The van der Waals surface area contributed by atoms with Crippen molar-refractivity contribution in [3.05, 3.63) is 16.1 Å². The topological polar surface area (TPSA) is 45.2 Å². The summed E-state index contributed by atoms with van der Waals surface area (Å²) in [7, 11) is 0. The summed E-state index contributed by atoms with van der Waals surface area (Å²) in [6.45, 7) is 8.30. The number of thiazole rings is 1. The molecule has 3 nitrogen and oxygen atoms in total. The summed E-state index contributed by atoms with van der Waals surface area (Å²) in [6, 6.07) is 0. The standard InChI is InChI=1S/C15H26N2OS/c1-12-13(19-11-17-12)4-9-16-10-15(18)7-5-14(2,3)6-8-15/h11,16,18H,4-10H2,1-3H3. The van der Waals surface area contributed by atoms with E-state index in [2.05, 4.69) is 31.1 Å². The van der Waals surface area contributed by atoms with Gasteiger partial charge in [-0.3, -0.25) is 0 Å². The summed E-state index contributed by atoms with van der Waals surface area (Å²) in [5.41, 5.74) is 2.97. The van der Waals surface area contributed by atoms with Crippen molar-refractivity contribution in [1.82, 2.24) is 10.3 Å². The molecule has 1 aromatic heterocycles. The van der Waals surface area contributed by atoms with Gasteiger partial charge in [0.1, 0.15) is 0 Å². The molecule has 1 aliphatic rings. The summed E-state index contributed by atoms with van der Waals surface area (Å²) in [5, 5.41) is 14.0. The van der Waals surface area contributed by atoms with Crippen LogP contribution in [-0.2, 0) is 6.42 Å². The molecule has 0 amide bonds. The lowest BCUT2D eigenvalue weighted by atomic mass is 9.71. The maximum Gasteiger partial charge on any atom is 0.0797 e. The van der Waals surface area contributed by atoms with Crippen molar-refractivity contribution < 1.29 is 5.11 Å². The average Bonchev–Trinajstić information content (AvgIpc) is 2.76. The molecule has 0 saturated heterocycles. The van der Waals surface area contributed by atoms with Gasteiger partial charge in [-0.1, -0.05) is 13.8 Å². The first-order valence-corrected chi connectivity index (χ1v) is 8.10. The number of hydrogen-bond acceptors (Lipinski definition) is 4. The molecule has 4 heteroatoms. The first-order valence-electron chi connectivity index (χ1n) is 7.22. The van der Waals surface area contributed by atoms with E-state index in [1.807, 2.05) is 5.51 Å². The highest BCUT2D eigenvalue weighted by molar-refractivity contribution is 7.09. The molecule has 2 rings (SSSR count). The molecule has 0 spiro atoms. The molecule has 1 fully saturated rings. The maximum absolute atomic E-state index is 10.5. The van der Waals surface area contributed by atoms with Crippen LogP contribution in [0.25, 0.3) is 0 Å². The van der Waals surface area contributed by atoms with Gasteiger partial charge in [0.25, 0.3) is 0 Å². The van der Waals surface area contributed by atoms with Gasteiger partial charge in [-0.05, 0) is 44.4 Å². The molecular weight excluding hydrogens is 256 g/mol. The van der Waals surface area contributed by atoms with E-state index in [1.165, 1.54) is 4.88 Å². The van der Waals surface area contributed by atoms with E-state index in [0.29, 0.717) is 5.41 Å². The van der Waals surface area contributed by atoms with Crippen LogP contribution >= 0.6 is 11.3 Å².